The average Bonchev–Trinajstić information content (AvgIpc) is 3.25. The van der Waals surface area contributed by atoms with Gasteiger partial charge in [0.25, 0.3) is 0 Å². The topological polar surface area (TPSA) is 71.7 Å². The zero-order valence-corrected chi connectivity index (χ0v) is 14.1. The maximum atomic E-state index is 11.7. The fraction of sp³-hybridized carbons (Fsp3) is 0.533. The molecular formula is C15H20N4O3S. The van der Waals surface area contributed by atoms with Crippen LogP contribution in [0.25, 0.3) is 10.7 Å². The molecule has 3 rings (SSSR count). The Morgan fingerprint density at radius 2 is 2.22 bits per heavy atom. The Kier molecular flexibility index (Phi) is 4.92. The van der Waals surface area contributed by atoms with Crippen molar-refractivity contribution >= 4 is 17.4 Å². The van der Waals surface area contributed by atoms with Crippen LogP contribution in [0.1, 0.15) is 25.8 Å². The molecule has 23 heavy (non-hydrogen) atoms. The van der Waals surface area contributed by atoms with Crippen molar-refractivity contribution in [2.45, 2.75) is 19.9 Å². The molecule has 8 heteroatoms. The molecule has 1 amide bonds. The lowest BCUT2D eigenvalue weighted by Crippen LogP contribution is -2.49. The molecular weight excluding hydrogens is 316 g/mol. The second kappa shape index (κ2) is 7.10. The van der Waals surface area contributed by atoms with Crippen molar-refractivity contribution in [1.29, 1.82) is 0 Å². The summed E-state index contributed by atoms with van der Waals surface area (Å²) in [7, 11) is 0. The lowest BCUT2D eigenvalue weighted by molar-refractivity contribution is 0.0629. The van der Waals surface area contributed by atoms with Gasteiger partial charge in [0.15, 0.2) is 0 Å². The molecule has 0 aliphatic carbocycles. The molecule has 0 spiro atoms. The molecule has 0 radical (unpaired) electrons. The predicted molar refractivity (Wildman–Crippen MR) is 86.2 cm³/mol. The molecule has 124 valence electrons. The zero-order valence-electron chi connectivity index (χ0n) is 13.3. The Morgan fingerprint density at radius 3 is 2.87 bits per heavy atom. The summed E-state index contributed by atoms with van der Waals surface area (Å²) in [5.41, 5.74) is 0. The fourth-order valence-electron chi connectivity index (χ4n) is 2.57. The second-order valence-electron chi connectivity index (χ2n) is 5.33. The van der Waals surface area contributed by atoms with E-state index in [4.69, 9.17) is 9.26 Å². The minimum absolute atomic E-state index is 0.0283. The van der Waals surface area contributed by atoms with E-state index in [-0.39, 0.29) is 12.1 Å². The molecule has 1 aliphatic rings. The summed E-state index contributed by atoms with van der Waals surface area (Å²) in [5, 5.41) is 6.04. The summed E-state index contributed by atoms with van der Waals surface area (Å²) in [5.74, 6) is 1.24. The average molecular weight is 336 g/mol. The minimum Gasteiger partial charge on any atom is -0.450 e. The highest BCUT2D eigenvalue weighted by atomic mass is 32.1. The number of carbonyl (C=O) groups excluding carboxylic acids is 1. The van der Waals surface area contributed by atoms with E-state index in [1.165, 1.54) is 0 Å². The van der Waals surface area contributed by atoms with Crippen LogP contribution in [0.4, 0.5) is 4.79 Å². The van der Waals surface area contributed by atoms with E-state index < -0.39 is 0 Å². The van der Waals surface area contributed by atoms with E-state index >= 15 is 0 Å². The van der Waals surface area contributed by atoms with Crippen molar-refractivity contribution in [2.75, 3.05) is 32.8 Å². The molecule has 2 aromatic heterocycles. The Balaban J connectivity index is 1.59. The summed E-state index contributed by atoms with van der Waals surface area (Å²) >= 11 is 1.59. The van der Waals surface area contributed by atoms with Crippen LogP contribution in [0.3, 0.4) is 0 Å². The van der Waals surface area contributed by atoms with Crippen molar-refractivity contribution in [3.8, 4) is 10.7 Å². The van der Waals surface area contributed by atoms with Crippen molar-refractivity contribution < 1.29 is 14.1 Å². The molecule has 0 aromatic carbocycles. The van der Waals surface area contributed by atoms with Gasteiger partial charge in [0.2, 0.25) is 11.7 Å². The maximum Gasteiger partial charge on any atom is 0.409 e. The van der Waals surface area contributed by atoms with E-state index in [1.54, 1.807) is 16.2 Å². The monoisotopic (exact) mass is 336 g/mol. The first-order valence-electron chi connectivity index (χ1n) is 7.72. The van der Waals surface area contributed by atoms with Crippen LogP contribution in [0.15, 0.2) is 22.0 Å². The molecule has 2 aromatic rings. The standard InChI is InChI=1S/C15H20N4O3S/c1-3-21-15(20)19-8-6-18(7-9-19)11(2)14-16-13(17-22-14)12-5-4-10-23-12/h4-5,10-11H,3,6-9H2,1-2H3. The molecule has 3 heterocycles. The number of carbonyl (C=O) groups is 1. The van der Waals surface area contributed by atoms with Crippen molar-refractivity contribution in [2.24, 2.45) is 0 Å². The summed E-state index contributed by atoms with van der Waals surface area (Å²) in [6.45, 7) is 7.09. The molecule has 1 unspecified atom stereocenters. The number of rotatable bonds is 4. The number of piperazine rings is 1. The van der Waals surface area contributed by atoms with Gasteiger partial charge in [-0.2, -0.15) is 4.98 Å². The smallest absolute Gasteiger partial charge is 0.409 e. The van der Waals surface area contributed by atoms with Gasteiger partial charge in [-0.25, -0.2) is 4.79 Å². The van der Waals surface area contributed by atoms with E-state index in [0.29, 0.717) is 31.4 Å². The van der Waals surface area contributed by atoms with Crippen LogP contribution in [-0.4, -0.2) is 58.8 Å². The molecule has 0 bridgehead atoms. The number of thiophene rings is 1. The SMILES string of the molecule is CCOC(=O)N1CCN(C(C)c2nc(-c3cccs3)no2)CC1. The first-order valence-corrected chi connectivity index (χ1v) is 8.60. The lowest BCUT2D eigenvalue weighted by Gasteiger charge is -2.36. The number of aromatic nitrogens is 2. The van der Waals surface area contributed by atoms with Crippen LogP contribution < -0.4 is 0 Å². The van der Waals surface area contributed by atoms with Crippen LogP contribution in [0.2, 0.25) is 0 Å². The zero-order chi connectivity index (χ0) is 16.2. The van der Waals surface area contributed by atoms with Gasteiger partial charge in [0.1, 0.15) is 0 Å². The molecule has 7 nitrogen and oxygen atoms in total. The maximum absolute atomic E-state index is 11.7. The van der Waals surface area contributed by atoms with Gasteiger partial charge in [-0.3, -0.25) is 4.90 Å². The van der Waals surface area contributed by atoms with Crippen molar-refractivity contribution in [3.63, 3.8) is 0 Å². The summed E-state index contributed by atoms with van der Waals surface area (Å²) in [6, 6.07) is 3.97. The minimum atomic E-state index is -0.238. The first-order chi connectivity index (χ1) is 11.2. The quantitative estimate of drug-likeness (QED) is 0.855. The van der Waals surface area contributed by atoms with Crippen LogP contribution in [0, 0.1) is 0 Å². The van der Waals surface area contributed by atoms with Crippen LogP contribution >= 0.6 is 11.3 Å². The van der Waals surface area contributed by atoms with Gasteiger partial charge >= 0.3 is 6.09 Å². The molecule has 1 saturated heterocycles. The Morgan fingerprint density at radius 1 is 1.43 bits per heavy atom. The third-order valence-electron chi connectivity index (χ3n) is 3.93. The van der Waals surface area contributed by atoms with Gasteiger partial charge in [0.05, 0.1) is 17.5 Å². The van der Waals surface area contributed by atoms with Gasteiger partial charge < -0.3 is 14.2 Å². The normalized spacial score (nSPS) is 17.2. The number of ether oxygens (including phenoxy) is 1. The molecule has 1 atom stereocenters. The van der Waals surface area contributed by atoms with Gasteiger partial charge in [-0.15, -0.1) is 11.3 Å². The lowest BCUT2D eigenvalue weighted by atomic mass is 10.2. The third-order valence-corrected chi connectivity index (χ3v) is 4.79. The fourth-order valence-corrected chi connectivity index (χ4v) is 3.22. The summed E-state index contributed by atoms with van der Waals surface area (Å²) in [4.78, 5) is 21.2. The van der Waals surface area contributed by atoms with Gasteiger partial charge in [-0.05, 0) is 25.3 Å². The molecule has 1 aliphatic heterocycles. The summed E-state index contributed by atoms with van der Waals surface area (Å²) < 4.78 is 10.5. The Bertz CT molecular complexity index is 635. The van der Waals surface area contributed by atoms with Crippen LogP contribution in [-0.2, 0) is 4.74 Å². The molecule has 1 fully saturated rings. The molecule has 0 saturated carbocycles. The second-order valence-corrected chi connectivity index (χ2v) is 6.28. The largest absolute Gasteiger partial charge is 0.450 e. The van der Waals surface area contributed by atoms with Crippen molar-refractivity contribution in [3.05, 3.63) is 23.4 Å². The van der Waals surface area contributed by atoms with Gasteiger partial charge in [0, 0.05) is 26.2 Å². The highest BCUT2D eigenvalue weighted by Crippen LogP contribution is 2.25. The highest BCUT2D eigenvalue weighted by molar-refractivity contribution is 7.13. The van der Waals surface area contributed by atoms with E-state index in [1.807, 2.05) is 31.4 Å². The summed E-state index contributed by atoms with van der Waals surface area (Å²) in [6.07, 6.45) is -0.238. The van der Waals surface area contributed by atoms with E-state index in [9.17, 15) is 4.79 Å². The van der Waals surface area contributed by atoms with Crippen molar-refractivity contribution in [1.82, 2.24) is 19.9 Å². The van der Waals surface area contributed by atoms with Crippen LogP contribution in [0.5, 0.6) is 0 Å². The van der Waals surface area contributed by atoms with E-state index in [2.05, 4.69) is 15.0 Å². The van der Waals surface area contributed by atoms with Gasteiger partial charge in [-0.1, -0.05) is 11.2 Å². The number of amides is 1. The molecule has 0 N–H and O–H groups in total. The predicted octanol–water partition coefficient (Wildman–Crippen LogP) is 2.63. The highest BCUT2D eigenvalue weighted by Gasteiger charge is 2.28. The third kappa shape index (κ3) is 3.53. The first kappa shape index (κ1) is 15.9. The Labute approximate surface area is 138 Å². The Hall–Kier alpha value is -1.93. The number of hydrogen-bond acceptors (Lipinski definition) is 7. The van der Waals surface area contributed by atoms with E-state index in [0.717, 1.165) is 18.0 Å². The number of hydrogen-bond donors (Lipinski definition) is 0. The number of nitrogens with zero attached hydrogens (tertiary/aromatic N) is 4.